The first-order valence-corrected chi connectivity index (χ1v) is 8.84. The average molecular weight is 329 g/mol. The Morgan fingerprint density at radius 2 is 1.61 bits per heavy atom. The molecule has 0 aliphatic rings. The lowest BCUT2D eigenvalue weighted by atomic mass is 10.1. The summed E-state index contributed by atoms with van der Waals surface area (Å²) in [6.07, 6.45) is 0. The maximum absolute atomic E-state index is 11.9. The second kappa shape index (κ2) is 8.75. The number of amides is 1. The fourth-order valence-corrected chi connectivity index (χ4v) is 2.95. The summed E-state index contributed by atoms with van der Waals surface area (Å²) >= 11 is 1.57. The highest BCUT2D eigenvalue weighted by Gasteiger charge is 2.04. The van der Waals surface area contributed by atoms with Crippen LogP contribution in [0.2, 0.25) is 0 Å². The number of benzene rings is 2. The normalized spacial score (nSPS) is 10.8. The van der Waals surface area contributed by atoms with E-state index in [1.807, 2.05) is 0 Å². The Balaban J connectivity index is 1.74. The van der Waals surface area contributed by atoms with Crippen molar-refractivity contribution in [2.75, 3.05) is 19.8 Å². The van der Waals surface area contributed by atoms with Gasteiger partial charge < -0.3 is 10.2 Å². The molecule has 0 radical (unpaired) electrons. The fraction of sp³-hybridized carbons (Fsp3) is 0.316. The predicted molar refractivity (Wildman–Crippen MR) is 96.7 cm³/mol. The first-order valence-electron chi connectivity index (χ1n) is 7.86. The molecule has 0 fully saturated rings. The van der Waals surface area contributed by atoms with Gasteiger partial charge in [0, 0.05) is 17.0 Å². The van der Waals surface area contributed by atoms with E-state index in [9.17, 15) is 4.79 Å². The minimum Gasteiger partial charge on any atom is -0.351 e. The van der Waals surface area contributed by atoms with Gasteiger partial charge in [-0.2, -0.15) is 0 Å². The minimum atomic E-state index is 0.0670. The van der Waals surface area contributed by atoms with E-state index in [0.29, 0.717) is 12.3 Å². The van der Waals surface area contributed by atoms with Crippen LogP contribution in [0, 0.1) is 6.92 Å². The van der Waals surface area contributed by atoms with Gasteiger partial charge in [-0.1, -0.05) is 42.0 Å². The lowest BCUT2D eigenvalue weighted by Crippen LogP contribution is -3.04. The molecule has 2 N–H and O–H groups in total. The summed E-state index contributed by atoms with van der Waals surface area (Å²) in [4.78, 5) is 14.5. The van der Waals surface area contributed by atoms with Gasteiger partial charge in [-0.05, 0) is 24.6 Å². The number of thioether (sulfide) groups is 1. The Kier molecular flexibility index (Phi) is 6.68. The van der Waals surface area contributed by atoms with E-state index < -0.39 is 0 Å². The van der Waals surface area contributed by atoms with Gasteiger partial charge in [-0.15, -0.1) is 11.8 Å². The van der Waals surface area contributed by atoms with Gasteiger partial charge in [0.25, 0.3) is 0 Å². The fourth-order valence-electron chi connectivity index (χ4n) is 2.22. The van der Waals surface area contributed by atoms with Crippen molar-refractivity contribution in [3.8, 4) is 0 Å². The molecule has 0 saturated heterocycles. The summed E-state index contributed by atoms with van der Waals surface area (Å²) < 4.78 is 0. The number of carbonyl (C=O) groups is 1. The Bertz CT molecular complexity index is 621. The number of carbonyl (C=O) groups excluding carboxylic acids is 1. The number of hydrogen-bond donors (Lipinski definition) is 2. The third kappa shape index (κ3) is 6.47. The summed E-state index contributed by atoms with van der Waals surface area (Å²) in [5.41, 5.74) is 3.68. The molecule has 23 heavy (non-hydrogen) atoms. The molecule has 2 aromatic carbocycles. The van der Waals surface area contributed by atoms with Crippen LogP contribution < -0.4 is 10.2 Å². The van der Waals surface area contributed by atoms with E-state index in [0.717, 1.165) is 17.0 Å². The zero-order valence-corrected chi connectivity index (χ0v) is 14.9. The van der Waals surface area contributed by atoms with E-state index in [2.05, 4.69) is 74.9 Å². The van der Waals surface area contributed by atoms with Crippen LogP contribution in [0.3, 0.4) is 0 Å². The monoisotopic (exact) mass is 329 g/mol. The summed E-state index contributed by atoms with van der Waals surface area (Å²) in [6.45, 7) is 3.66. The molecule has 0 aliphatic carbocycles. The van der Waals surface area contributed by atoms with Gasteiger partial charge in [0.1, 0.15) is 6.54 Å². The van der Waals surface area contributed by atoms with Crippen molar-refractivity contribution in [3.05, 3.63) is 65.2 Å². The van der Waals surface area contributed by atoms with Crippen molar-refractivity contribution >= 4 is 17.7 Å². The van der Waals surface area contributed by atoms with Gasteiger partial charge >= 0.3 is 0 Å². The van der Waals surface area contributed by atoms with Crippen molar-refractivity contribution in [2.45, 2.75) is 24.9 Å². The topological polar surface area (TPSA) is 33.5 Å². The van der Waals surface area contributed by atoms with Crippen LogP contribution in [0.4, 0.5) is 0 Å². The van der Waals surface area contributed by atoms with Crippen LogP contribution in [0.25, 0.3) is 0 Å². The average Bonchev–Trinajstić information content (AvgIpc) is 2.53. The smallest absolute Gasteiger partial charge is 0.230 e. The SMILES string of the molecule is Cc1ccc(SCC(=O)NCc2ccc(C[NH+](C)C)cc2)cc1. The Morgan fingerprint density at radius 3 is 2.22 bits per heavy atom. The highest BCUT2D eigenvalue weighted by atomic mass is 32.2. The molecule has 0 bridgehead atoms. The Morgan fingerprint density at radius 1 is 1.00 bits per heavy atom. The van der Waals surface area contributed by atoms with E-state index in [1.165, 1.54) is 16.0 Å². The van der Waals surface area contributed by atoms with Gasteiger partial charge in [-0.25, -0.2) is 0 Å². The van der Waals surface area contributed by atoms with Gasteiger partial charge in [0.05, 0.1) is 19.8 Å². The predicted octanol–water partition coefficient (Wildman–Crippen LogP) is 2.05. The molecule has 0 aliphatic heterocycles. The number of rotatable bonds is 7. The van der Waals surface area contributed by atoms with Gasteiger partial charge in [0.2, 0.25) is 5.91 Å². The molecule has 122 valence electrons. The van der Waals surface area contributed by atoms with E-state index in [-0.39, 0.29) is 5.91 Å². The number of quaternary nitrogens is 1. The second-order valence-corrected chi connectivity index (χ2v) is 7.13. The maximum Gasteiger partial charge on any atom is 0.230 e. The van der Waals surface area contributed by atoms with E-state index in [4.69, 9.17) is 0 Å². The first-order chi connectivity index (χ1) is 11.0. The van der Waals surface area contributed by atoms with E-state index in [1.54, 1.807) is 11.8 Å². The molecular weight excluding hydrogens is 304 g/mol. The van der Waals surface area contributed by atoms with Crippen molar-refractivity contribution in [1.82, 2.24) is 5.32 Å². The molecule has 0 heterocycles. The molecule has 3 nitrogen and oxygen atoms in total. The molecule has 2 rings (SSSR count). The first kappa shape index (κ1) is 17.6. The molecule has 0 unspecified atom stereocenters. The molecule has 0 saturated carbocycles. The van der Waals surface area contributed by atoms with Gasteiger partial charge in [0.15, 0.2) is 0 Å². The highest BCUT2D eigenvalue weighted by Crippen LogP contribution is 2.17. The Labute approximate surface area is 143 Å². The summed E-state index contributed by atoms with van der Waals surface area (Å²) in [5, 5.41) is 2.98. The zero-order chi connectivity index (χ0) is 16.7. The van der Waals surface area contributed by atoms with Crippen LogP contribution in [-0.2, 0) is 17.9 Å². The summed E-state index contributed by atoms with van der Waals surface area (Å²) in [5.74, 6) is 0.517. The molecule has 4 heteroatoms. The van der Waals surface area contributed by atoms with E-state index >= 15 is 0 Å². The maximum atomic E-state index is 11.9. The van der Waals surface area contributed by atoms with Crippen molar-refractivity contribution in [3.63, 3.8) is 0 Å². The van der Waals surface area contributed by atoms with Crippen molar-refractivity contribution in [2.24, 2.45) is 0 Å². The largest absolute Gasteiger partial charge is 0.351 e. The standard InChI is InChI=1S/C19H24N2OS/c1-15-4-10-18(11-5-15)23-14-19(22)20-12-16-6-8-17(9-7-16)13-21(2)3/h4-11H,12-14H2,1-3H3,(H,20,22)/p+1. The zero-order valence-electron chi connectivity index (χ0n) is 14.1. The third-order valence-electron chi connectivity index (χ3n) is 3.46. The number of aryl methyl sites for hydroxylation is 1. The van der Waals surface area contributed by atoms with Crippen LogP contribution in [-0.4, -0.2) is 25.8 Å². The molecule has 0 spiro atoms. The summed E-state index contributed by atoms with van der Waals surface area (Å²) in [6, 6.07) is 16.7. The highest BCUT2D eigenvalue weighted by molar-refractivity contribution is 8.00. The summed E-state index contributed by atoms with van der Waals surface area (Å²) in [7, 11) is 4.28. The van der Waals surface area contributed by atoms with Crippen LogP contribution in [0.5, 0.6) is 0 Å². The molecule has 0 aromatic heterocycles. The minimum absolute atomic E-state index is 0.0670. The number of hydrogen-bond acceptors (Lipinski definition) is 2. The van der Waals surface area contributed by atoms with Crippen LogP contribution in [0.15, 0.2) is 53.4 Å². The molecular formula is C19H25N2OS+. The molecule has 1 amide bonds. The lowest BCUT2D eigenvalue weighted by molar-refractivity contribution is -0.872. The third-order valence-corrected chi connectivity index (χ3v) is 4.47. The quantitative estimate of drug-likeness (QED) is 0.762. The Hall–Kier alpha value is -1.78. The van der Waals surface area contributed by atoms with Gasteiger partial charge in [-0.3, -0.25) is 4.79 Å². The van der Waals surface area contributed by atoms with Crippen LogP contribution >= 0.6 is 11.8 Å². The van der Waals surface area contributed by atoms with Crippen LogP contribution in [0.1, 0.15) is 16.7 Å². The second-order valence-electron chi connectivity index (χ2n) is 6.08. The van der Waals surface area contributed by atoms with Crippen molar-refractivity contribution < 1.29 is 9.69 Å². The number of nitrogens with one attached hydrogen (secondary N) is 2. The lowest BCUT2D eigenvalue weighted by Gasteiger charge is -2.09. The van der Waals surface area contributed by atoms with Crippen molar-refractivity contribution in [1.29, 1.82) is 0 Å². The molecule has 2 aromatic rings. The molecule has 0 atom stereocenters.